The molecular weight excluding hydrogens is 1050 g/mol. The molecule has 0 aromatic rings. The second-order valence-corrected chi connectivity index (χ2v) is 24.2. The predicted molar refractivity (Wildman–Crippen MR) is 332 cm³/mol. The molecule has 1 unspecified atom stereocenters. The number of Topliss-reactive ketones (excluding diaryl/α,β-unsaturated/α-hetero) is 1. The Balaban J connectivity index is 0. The highest BCUT2D eigenvalue weighted by atomic mass is 31.2. The highest BCUT2D eigenvalue weighted by molar-refractivity contribution is 7.47. The predicted octanol–water partition coefficient (Wildman–Crippen LogP) is 17.8. The third-order valence-electron chi connectivity index (χ3n) is 13.7. The maximum atomic E-state index is 12.6. The number of rotatable bonds is 57. The molecule has 0 spiro atoms. The van der Waals surface area contributed by atoms with Crippen LogP contribution in [0.3, 0.4) is 0 Å². The number of aliphatic carboxylic acids is 2. The van der Waals surface area contributed by atoms with Gasteiger partial charge in [-0.3, -0.25) is 23.4 Å². The van der Waals surface area contributed by atoms with Gasteiger partial charge in [0.15, 0.2) is 11.9 Å². The number of phosphoric ester groups is 1. The SMILES string of the molecule is CCCCC/C=C\C/C=C\C/C=C\C/C=C\CCCC(=O)O[C@H](COC(=O)CCCCCCCCCCCCCCC)COP(=O)(O)OCC[N+](C)(C)C.CCCCCCCCCCCCCCCCCC(=O)/C(=C\C(=O)O)C(=O)O. The molecule has 0 amide bonds. The molecule has 81 heavy (non-hydrogen) atoms. The normalized spacial score (nSPS) is 13.2. The van der Waals surface area contributed by atoms with E-state index in [2.05, 4.69) is 63.3 Å². The van der Waals surface area contributed by atoms with Crippen molar-refractivity contribution in [2.24, 2.45) is 0 Å². The van der Waals surface area contributed by atoms with Gasteiger partial charge in [0.25, 0.3) is 0 Å². The van der Waals surface area contributed by atoms with Crippen molar-refractivity contribution in [3.05, 3.63) is 60.3 Å². The van der Waals surface area contributed by atoms with Gasteiger partial charge in [0.1, 0.15) is 25.3 Å². The number of quaternary nitrogens is 1. The molecule has 14 nitrogen and oxygen atoms in total. The van der Waals surface area contributed by atoms with E-state index in [9.17, 15) is 33.4 Å². The molecule has 0 aliphatic heterocycles. The number of unbranched alkanes of at least 4 members (excludes halogenated alkanes) is 30. The van der Waals surface area contributed by atoms with Gasteiger partial charge in [0.2, 0.25) is 0 Å². The summed E-state index contributed by atoms with van der Waals surface area (Å²) in [6.07, 6.45) is 60.5. The first-order chi connectivity index (χ1) is 39.0. The van der Waals surface area contributed by atoms with E-state index < -0.39 is 49.8 Å². The molecule has 0 saturated heterocycles. The van der Waals surface area contributed by atoms with E-state index in [4.69, 9.17) is 28.7 Å². The fourth-order valence-corrected chi connectivity index (χ4v) is 9.39. The number of nitrogens with zero attached hydrogens (tertiary/aromatic N) is 1. The van der Waals surface area contributed by atoms with E-state index in [-0.39, 0.29) is 38.4 Å². The lowest BCUT2D eigenvalue weighted by atomic mass is 10.0. The fraction of sp³-hybridized carbons (Fsp3) is 0.773. The third kappa shape index (κ3) is 62.2. The van der Waals surface area contributed by atoms with Crippen LogP contribution in [0, 0.1) is 0 Å². The molecular formula is C66H119NO13P+. The molecule has 470 valence electrons. The van der Waals surface area contributed by atoms with Crippen LogP contribution in [0.25, 0.3) is 0 Å². The molecule has 15 heteroatoms. The number of carboxylic acids is 2. The number of ketones is 1. The summed E-state index contributed by atoms with van der Waals surface area (Å²) in [4.78, 5) is 68.4. The van der Waals surface area contributed by atoms with Crippen LogP contribution in [-0.2, 0) is 47.1 Å². The van der Waals surface area contributed by atoms with Crippen molar-refractivity contribution < 1.29 is 66.6 Å². The minimum Gasteiger partial charge on any atom is -0.478 e. The summed E-state index contributed by atoms with van der Waals surface area (Å²) in [5.41, 5.74) is -0.632. The molecule has 0 rings (SSSR count). The molecule has 0 aliphatic rings. The van der Waals surface area contributed by atoms with Gasteiger partial charge in [-0.2, -0.15) is 0 Å². The molecule has 2 atom stereocenters. The number of hydrogen-bond donors (Lipinski definition) is 3. The first-order valence-corrected chi connectivity index (χ1v) is 33.6. The molecule has 0 radical (unpaired) electrons. The highest BCUT2D eigenvalue weighted by Gasteiger charge is 2.27. The Bertz CT molecular complexity index is 1750. The van der Waals surface area contributed by atoms with Gasteiger partial charge in [-0.15, -0.1) is 0 Å². The van der Waals surface area contributed by atoms with Gasteiger partial charge in [-0.1, -0.05) is 249 Å². The van der Waals surface area contributed by atoms with Crippen LogP contribution in [0.4, 0.5) is 0 Å². The zero-order valence-electron chi connectivity index (χ0n) is 52.2. The van der Waals surface area contributed by atoms with Crippen molar-refractivity contribution in [2.75, 3.05) is 47.5 Å². The molecule has 0 heterocycles. The van der Waals surface area contributed by atoms with Gasteiger partial charge >= 0.3 is 31.7 Å². The van der Waals surface area contributed by atoms with Crippen LogP contribution >= 0.6 is 7.82 Å². The summed E-state index contributed by atoms with van der Waals surface area (Å²) >= 11 is 0. The average molecular weight is 1170 g/mol. The maximum Gasteiger partial charge on any atom is 0.472 e. The number of likely N-dealkylation sites (N-methyl/N-ethyl adjacent to an activating group) is 1. The second-order valence-electron chi connectivity index (χ2n) is 22.7. The monoisotopic (exact) mass is 1160 g/mol. The lowest BCUT2D eigenvalue weighted by molar-refractivity contribution is -0.870. The molecule has 3 N–H and O–H groups in total. The van der Waals surface area contributed by atoms with Crippen molar-refractivity contribution in [2.45, 2.75) is 284 Å². The summed E-state index contributed by atoms with van der Waals surface area (Å²) in [6, 6.07) is 0. The van der Waals surface area contributed by atoms with Crippen LogP contribution in [0.15, 0.2) is 60.3 Å². The van der Waals surface area contributed by atoms with Crippen LogP contribution in [0.1, 0.15) is 278 Å². The Labute approximate surface area is 493 Å². The summed E-state index contributed by atoms with van der Waals surface area (Å²) < 4.78 is 34.2. The quantitative estimate of drug-likeness (QED) is 0.00760. The van der Waals surface area contributed by atoms with Crippen molar-refractivity contribution in [1.29, 1.82) is 0 Å². The number of ether oxygens (including phenoxy) is 2. The zero-order chi connectivity index (χ0) is 60.3. The summed E-state index contributed by atoms with van der Waals surface area (Å²) in [5.74, 6) is -4.34. The van der Waals surface area contributed by atoms with Crippen molar-refractivity contribution >= 4 is 37.5 Å². The summed E-state index contributed by atoms with van der Waals surface area (Å²) in [5, 5.41) is 17.5. The van der Waals surface area contributed by atoms with Crippen LogP contribution in [-0.4, -0.2) is 103 Å². The van der Waals surface area contributed by atoms with E-state index in [0.29, 0.717) is 36.4 Å². The minimum atomic E-state index is -4.39. The minimum absolute atomic E-state index is 0.0212. The first-order valence-electron chi connectivity index (χ1n) is 32.1. The Kier molecular flexibility index (Phi) is 57.0. The number of hydrogen-bond acceptors (Lipinski definition) is 10. The van der Waals surface area contributed by atoms with E-state index in [1.807, 2.05) is 27.2 Å². The van der Waals surface area contributed by atoms with Crippen molar-refractivity contribution in [1.82, 2.24) is 0 Å². The van der Waals surface area contributed by atoms with Crippen molar-refractivity contribution in [3.63, 3.8) is 0 Å². The van der Waals surface area contributed by atoms with Gasteiger partial charge in [-0.05, 0) is 57.8 Å². The molecule has 0 aliphatic carbocycles. The number of carbonyl (C=O) groups excluding carboxylic acids is 3. The first kappa shape index (κ1) is 79.4. The topological polar surface area (TPSA) is 200 Å². The Morgan fingerprint density at radius 2 is 0.827 bits per heavy atom. The highest BCUT2D eigenvalue weighted by Crippen LogP contribution is 2.43. The maximum absolute atomic E-state index is 12.6. The van der Waals surface area contributed by atoms with Crippen LogP contribution < -0.4 is 0 Å². The number of allylic oxidation sites excluding steroid dienone is 8. The Morgan fingerprint density at radius 1 is 0.457 bits per heavy atom. The zero-order valence-corrected chi connectivity index (χ0v) is 53.1. The molecule has 0 aromatic heterocycles. The number of phosphoric acid groups is 1. The second kappa shape index (κ2) is 58.1. The van der Waals surface area contributed by atoms with Crippen LogP contribution in [0.2, 0.25) is 0 Å². The summed E-state index contributed by atoms with van der Waals surface area (Å²) in [7, 11) is 1.44. The Hall–Kier alpha value is -3.68. The van der Waals surface area contributed by atoms with E-state index in [0.717, 1.165) is 57.8 Å². The molecule has 0 saturated carbocycles. The van der Waals surface area contributed by atoms with Crippen LogP contribution in [0.5, 0.6) is 0 Å². The van der Waals surface area contributed by atoms with Crippen molar-refractivity contribution in [3.8, 4) is 0 Å². The van der Waals surface area contributed by atoms with Gasteiger partial charge < -0.3 is 29.1 Å². The Morgan fingerprint density at radius 3 is 1.23 bits per heavy atom. The van der Waals surface area contributed by atoms with Gasteiger partial charge in [-0.25, -0.2) is 14.2 Å². The lowest BCUT2D eigenvalue weighted by Crippen LogP contribution is -2.37. The number of carbonyl (C=O) groups is 5. The number of esters is 2. The lowest BCUT2D eigenvalue weighted by Gasteiger charge is -2.24. The molecule has 0 fully saturated rings. The molecule has 0 aromatic carbocycles. The fourth-order valence-electron chi connectivity index (χ4n) is 8.65. The van der Waals surface area contributed by atoms with E-state index in [1.54, 1.807) is 0 Å². The molecule has 0 bridgehead atoms. The number of carboxylic acid groups (broad SMARTS) is 2. The standard InChI is InChI=1S/C44H80NO8P.C22H38O5/c1-6-8-10-12-14-16-18-20-21-22-23-25-27-29-31-33-35-37-44(47)53-42(41-52-54(48,49)51-39-38-45(3,4)5)40-50-43(46)36-34-32-30-28-26-24-19-17-15-13-11-9-7-2;1-2-3-4-5-6-7-8-9-10-11-12-13-14-15-16-17-20(23)19(22(26)27)18-21(24)25/h14,16,20-21,23,25,29,31,42H,6-13,15,17-19,22,24,26-28,30,32-41H2,1-5H3;18H,2-17H2,1H3,(H,24,25)(H,26,27)/p+1/b16-14-,21-20-,25-23-,31-29-;19-18+/t42-;/m1./s1. The summed E-state index contributed by atoms with van der Waals surface area (Å²) in [6.45, 7) is 6.57. The smallest absolute Gasteiger partial charge is 0.472 e. The average Bonchev–Trinajstić information content (AvgIpc) is 3.41. The third-order valence-corrected chi connectivity index (χ3v) is 14.7. The van der Waals surface area contributed by atoms with E-state index >= 15 is 0 Å². The van der Waals surface area contributed by atoms with E-state index in [1.165, 1.54) is 161 Å². The largest absolute Gasteiger partial charge is 0.478 e. The van der Waals surface area contributed by atoms with Gasteiger partial charge in [0, 0.05) is 25.3 Å². The van der Waals surface area contributed by atoms with Gasteiger partial charge in [0.05, 0.1) is 27.7 Å².